The molecule has 1 aromatic carbocycles. The van der Waals surface area contributed by atoms with E-state index in [0.717, 1.165) is 5.56 Å². The van der Waals surface area contributed by atoms with Crippen LogP contribution in [0, 0.1) is 0 Å². The zero-order chi connectivity index (χ0) is 13.5. The Labute approximate surface area is 108 Å². The van der Waals surface area contributed by atoms with Crippen molar-refractivity contribution in [3.63, 3.8) is 0 Å². The first-order chi connectivity index (χ1) is 8.56. The zero-order valence-corrected chi connectivity index (χ0v) is 11.1. The van der Waals surface area contributed by atoms with Gasteiger partial charge in [0.1, 0.15) is 0 Å². The minimum atomic E-state index is 0.0522. The van der Waals surface area contributed by atoms with Gasteiger partial charge in [-0.3, -0.25) is 4.79 Å². The van der Waals surface area contributed by atoms with E-state index in [2.05, 4.69) is 0 Å². The first-order valence-electron chi connectivity index (χ1n) is 6.30. The van der Waals surface area contributed by atoms with Crippen molar-refractivity contribution in [3.05, 3.63) is 29.8 Å². The molecule has 18 heavy (non-hydrogen) atoms. The lowest BCUT2D eigenvalue weighted by Gasteiger charge is -2.26. The normalized spacial score (nSPS) is 10.7. The number of nitrogens with two attached hydrogens (primary N) is 1. The quantitative estimate of drug-likeness (QED) is 0.751. The van der Waals surface area contributed by atoms with Crippen molar-refractivity contribution in [2.24, 2.45) is 0 Å². The molecule has 0 aliphatic carbocycles. The highest BCUT2D eigenvalue weighted by atomic mass is 16.3. The zero-order valence-electron chi connectivity index (χ0n) is 11.1. The number of anilines is 1. The summed E-state index contributed by atoms with van der Waals surface area (Å²) in [5.41, 5.74) is 7.34. The molecule has 0 radical (unpaired) electrons. The van der Waals surface area contributed by atoms with Crippen LogP contribution >= 0.6 is 0 Å². The number of carbonyl (C=O) groups excluding carboxylic acids is 1. The molecule has 0 fully saturated rings. The molecule has 0 bridgehead atoms. The molecule has 0 saturated carbocycles. The van der Waals surface area contributed by atoms with Gasteiger partial charge in [0, 0.05) is 24.9 Å². The highest BCUT2D eigenvalue weighted by molar-refractivity contribution is 5.80. The number of amides is 1. The smallest absolute Gasteiger partial charge is 0.227 e. The number of nitrogen functional groups attached to an aromatic ring is 1. The van der Waals surface area contributed by atoms with Gasteiger partial charge in [0.2, 0.25) is 5.91 Å². The van der Waals surface area contributed by atoms with Gasteiger partial charge in [-0.2, -0.15) is 0 Å². The Hall–Kier alpha value is -1.55. The molecule has 1 amide bonds. The maximum atomic E-state index is 12.2. The number of aliphatic hydroxyl groups excluding tert-OH is 1. The molecule has 1 rings (SSSR count). The van der Waals surface area contributed by atoms with Crippen LogP contribution in [0.15, 0.2) is 24.3 Å². The third kappa shape index (κ3) is 4.04. The Bertz CT molecular complexity index is 391. The van der Waals surface area contributed by atoms with E-state index in [9.17, 15) is 4.79 Å². The third-order valence-electron chi connectivity index (χ3n) is 2.90. The fourth-order valence-electron chi connectivity index (χ4n) is 1.87. The molecule has 0 unspecified atom stereocenters. The van der Waals surface area contributed by atoms with Crippen molar-refractivity contribution in [3.8, 4) is 0 Å². The first kappa shape index (κ1) is 14.5. The molecular formula is C14H22N2O2. The average molecular weight is 250 g/mol. The number of nitrogens with zero attached hydrogens (tertiary/aromatic N) is 1. The van der Waals surface area contributed by atoms with E-state index in [-0.39, 0.29) is 18.6 Å². The number of para-hydroxylation sites is 1. The molecule has 4 heteroatoms. The standard InChI is InChI=1S/C14H22N2O2/c1-11(2)16(8-5-9-17)14(18)10-12-6-3-4-7-13(12)15/h3-4,6-7,11,17H,5,8-10,15H2,1-2H3. The topological polar surface area (TPSA) is 66.6 Å². The Morgan fingerprint density at radius 2 is 2.06 bits per heavy atom. The highest BCUT2D eigenvalue weighted by Crippen LogP contribution is 2.13. The van der Waals surface area contributed by atoms with Crippen molar-refractivity contribution < 1.29 is 9.90 Å². The Kier molecular flexibility index (Phi) is 5.65. The van der Waals surface area contributed by atoms with E-state index >= 15 is 0 Å². The lowest BCUT2D eigenvalue weighted by atomic mass is 10.1. The molecule has 4 nitrogen and oxygen atoms in total. The second-order valence-corrected chi connectivity index (χ2v) is 4.63. The summed E-state index contributed by atoms with van der Waals surface area (Å²) in [6, 6.07) is 7.55. The first-order valence-corrected chi connectivity index (χ1v) is 6.30. The fourth-order valence-corrected chi connectivity index (χ4v) is 1.87. The Balaban J connectivity index is 2.70. The molecule has 0 spiro atoms. The molecule has 3 N–H and O–H groups in total. The number of rotatable bonds is 6. The molecule has 0 aliphatic rings. The van der Waals surface area contributed by atoms with Gasteiger partial charge in [-0.15, -0.1) is 0 Å². The van der Waals surface area contributed by atoms with Crippen LogP contribution in [0.5, 0.6) is 0 Å². The summed E-state index contributed by atoms with van der Waals surface area (Å²) in [7, 11) is 0. The van der Waals surface area contributed by atoms with E-state index in [4.69, 9.17) is 10.8 Å². The van der Waals surface area contributed by atoms with Crippen LogP contribution in [0.4, 0.5) is 5.69 Å². The van der Waals surface area contributed by atoms with E-state index in [1.54, 1.807) is 11.0 Å². The maximum absolute atomic E-state index is 12.2. The van der Waals surface area contributed by atoms with Gasteiger partial charge in [-0.25, -0.2) is 0 Å². The van der Waals surface area contributed by atoms with Crippen LogP contribution in [0.3, 0.4) is 0 Å². The van der Waals surface area contributed by atoms with Crippen molar-refractivity contribution in [1.29, 1.82) is 0 Å². The average Bonchev–Trinajstić information content (AvgIpc) is 2.32. The molecule has 1 aromatic rings. The molecular weight excluding hydrogens is 228 g/mol. The van der Waals surface area contributed by atoms with Crippen LogP contribution in [-0.2, 0) is 11.2 Å². The number of hydrogen-bond donors (Lipinski definition) is 2. The summed E-state index contributed by atoms with van der Waals surface area (Å²) in [4.78, 5) is 14.0. The fraction of sp³-hybridized carbons (Fsp3) is 0.500. The number of carbonyl (C=O) groups is 1. The predicted octanol–water partition coefficient (Wildman–Crippen LogP) is 1.43. The SMILES string of the molecule is CC(C)N(CCCO)C(=O)Cc1ccccc1N. The maximum Gasteiger partial charge on any atom is 0.227 e. The molecule has 0 aliphatic heterocycles. The van der Waals surface area contributed by atoms with E-state index < -0.39 is 0 Å². The van der Waals surface area contributed by atoms with Crippen molar-refractivity contribution in [2.45, 2.75) is 32.7 Å². The van der Waals surface area contributed by atoms with E-state index in [0.29, 0.717) is 25.1 Å². The van der Waals surface area contributed by atoms with Crippen LogP contribution in [0.1, 0.15) is 25.8 Å². The van der Waals surface area contributed by atoms with Gasteiger partial charge in [0.25, 0.3) is 0 Å². The summed E-state index contributed by atoms with van der Waals surface area (Å²) in [5.74, 6) is 0.0522. The second kappa shape index (κ2) is 7.01. The Morgan fingerprint density at radius 1 is 1.39 bits per heavy atom. The van der Waals surface area contributed by atoms with Crippen LogP contribution in [0.2, 0.25) is 0 Å². The van der Waals surface area contributed by atoms with E-state index in [1.807, 2.05) is 32.0 Å². The summed E-state index contributed by atoms with van der Waals surface area (Å²) < 4.78 is 0. The molecule has 0 aromatic heterocycles. The van der Waals surface area contributed by atoms with Gasteiger partial charge >= 0.3 is 0 Å². The van der Waals surface area contributed by atoms with Gasteiger partial charge < -0.3 is 15.7 Å². The minimum Gasteiger partial charge on any atom is -0.398 e. The summed E-state index contributed by atoms with van der Waals surface area (Å²) >= 11 is 0. The lowest BCUT2D eigenvalue weighted by molar-refractivity contribution is -0.132. The largest absolute Gasteiger partial charge is 0.398 e. The van der Waals surface area contributed by atoms with Gasteiger partial charge in [-0.1, -0.05) is 18.2 Å². The molecule has 0 saturated heterocycles. The minimum absolute atomic E-state index is 0.0522. The van der Waals surface area contributed by atoms with Gasteiger partial charge in [-0.05, 0) is 31.9 Å². The predicted molar refractivity (Wildman–Crippen MR) is 73.1 cm³/mol. The number of benzene rings is 1. The summed E-state index contributed by atoms with van der Waals surface area (Å²) in [5, 5.41) is 8.85. The van der Waals surface area contributed by atoms with Gasteiger partial charge in [0.15, 0.2) is 0 Å². The van der Waals surface area contributed by atoms with Crippen LogP contribution in [0.25, 0.3) is 0 Å². The molecule has 100 valence electrons. The number of aliphatic hydroxyl groups is 1. The lowest BCUT2D eigenvalue weighted by Crippen LogP contribution is -2.39. The highest BCUT2D eigenvalue weighted by Gasteiger charge is 2.17. The summed E-state index contributed by atoms with van der Waals surface area (Å²) in [6.07, 6.45) is 0.921. The van der Waals surface area contributed by atoms with Crippen LogP contribution in [-0.4, -0.2) is 35.1 Å². The Morgan fingerprint density at radius 3 is 2.61 bits per heavy atom. The monoisotopic (exact) mass is 250 g/mol. The van der Waals surface area contributed by atoms with Crippen LogP contribution < -0.4 is 5.73 Å². The van der Waals surface area contributed by atoms with Crippen molar-refractivity contribution in [1.82, 2.24) is 4.90 Å². The number of hydrogen-bond acceptors (Lipinski definition) is 3. The molecule has 0 atom stereocenters. The molecule has 0 heterocycles. The second-order valence-electron chi connectivity index (χ2n) is 4.63. The van der Waals surface area contributed by atoms with Crippen molar-refractivity contribution >= 4 is 11.6 Å². The van der Waals surface area contributed by atoms with E-state index in [1.165, 1.54) is 0 Å². The van der Waals surface area contributed by atoms with Crippen molar-refractivity contribution in [2.75, 3.05) is 18.9 Å². The van der Waals surface area contributed by atoms with Gasteiger partial charge in [0.05, 0.1) is 6.42 Å². The third-order valence-corrected chi connectivity index (χ3v) is 2.90. The summed E-state index contributed by atoms with van der Waals surface area (Å²) in [6.45, 7) is 4.64.